The molecule has 0 spiro atoms. The quantitative estimate of drug-likeness (QED) is 0.393. The fourth-order valence-electron chi connectivity index (χ4n) is 1.87. The molecule has 0 radical (unpaired) electrons. The van der Waals surface area contributed by atoms with E-state index in [1.807, 2.05) is 27.7 Å². The third kappa shape index (κ3) is 9.70. The SMILES string of the molecule is CC(C)O[Si](C)(CCCCC(O)=S)OC(C)C. The zero-order valence-electron chi connectivity index (χ0n) is 11.7. The molecule has 0 heterocycles. The number of aliphatic hydroxyl groups excluding tert-OH is 1. The number of rotatable bonds is 9. The van der Waals surface area contributed by atoms with Gasteiger partial charge in [-0.3, -0.25) is 0 Å². The van der Waals surface area contributed by atoms with Gasteiger partial charge in [0, 0.05) is 18.6 Å². The highest BCUT2D eigenvalue weighted by molar-refractivity contribution is 7.80. The number of thiocarbonyl (C=S) groups is 1. The van der Waals surface area contributed by atoms with Crippen molar-refractivity contribution in [1.29, 1.82) is 0 Å². The molecule has 5 heteroatoms. The molecule has 3 nitrogen and oxygen atoms in total. The first-order valence-corrected chi connectivity index (χ1v) is 9.26. The molecular weight excluding hydrogens is 252 g/mol. The van der Waals surface area contributed by atoms with Crippen molar-refractivity contribution >= 4 is 25.8 Å². The minimum absolute atomic E-state index is 0.0999. The van der Waals surface area contributed by atoms with Crippen LogP contribution in [-0.4, -0.2) is 30.9 Å². The van der Waals surface area contributed by atoms with Gasteiger partial charge in [0.25, 0.3) is 0 Å². The standard InChI is InChI=1S/C12H26O3SSi/c1-10(2)14-17(5,15-11(3)4)9-7-6-8-12(13)16/h10-11H,6-9H2,1-5H3,(H,13,16). The Hall–Kier alpha value is 0.0269. The molecule has 0 unspecified atom stereocenters. The molecule has 0 bridgehead atoms. The molecule has 0 aromatic heterocycles. The second-order valence-electron chi connectivity index (χ2n) is 5.07. The van der Waals surface area contributed by atoms with Crippen molar-refractivity contribution in [2.24, 2.45) is 0 Å². The zero-order valence-corrected chi connectivity index (χ0v) is 13.5. The molecule has 0 atom stereocenters. The van der Waals surface area contributed by atoms with Gasteiger partial charge < -0.3 is 14.0 Å². The predicted molar refractivity (Wildman–Crippen MR) is 77.9 cm³/mol. The van der Waals surface area contributed by atoms with Gasteiger partial charge in [-0.25, -0.2) is 0 Å². The van der Waals surface area contributed by atoms with Crippen LogP contribution in [0.25, 0.3) is 0 Å². The van der Waals surface area contributed by atoms with Crippen LogP contribution in [0.4, 0.5) is 0 Å². The summed E-state index contributed by atoms with van der Waals surface area (Å²) in [6.45, 7) is 10.3. The molecule has 0 aliphatic heterocycles. The summed E-state index contributed by atoms with van der Waals surface area (Å²) in [5, 5.41) is 9.05. The van der Waals surface area contributed by atoms with E-state index in [9.17, 15) is 0 Å². The van der Waals surface area contributed by atoms with E-state index in [0.717, 1.165) is 18.9 Å². The topological polar surface area (TPSA) is 38.7 Å². The third-order valence-corrected chi connectivity index (χ3v) is 5.65. The van der Waals surface area contributed by atoms with Gasteiger partial charge in [0.2, 0.25) is 0 Å². The Bertz CT molecular complexity index is 222. The molecule has 0 saturated carbocycles. The van der Waals surface area contributed by atoms with Crippen LogP contribution in [0.1, 0.15) is 47.0 Å². The highest BCUT2D eigenvalue weighted by atomic mass is 32.1. The fourth-order valence-corrected chi connectivity index (χ4v) is 5.19. The van der Waals surface area contributed by atoms with Gasteiger partial charge in [-0.1, -0.05) is 6.42 Å². The summed E-state index contributed by atoms with van der Waals surface area (Å²) in [6.07, 6.45) is 2.89. The van der Waals surface area contributed by atoms with E-state index in [1.54, 1.807) is 0 Å². The zero-order chi connectivity index (χ0) is 13.5. The molecule has 0 aliphatic rings. The molecule has 0 aromatic carbocycles. The molecule has 0 saturated heterocycles. The average Bonchev–Trinajstić information content (AvgIpc) is 2.09. The highest BCUT2D eigenvalue weighted by Gasteiger charge is 2.33. The largest absolute Gasteiger partial charge is 0.502 e. The van der Waals surface area contributed by atoms with E-state index in [2.05, 4.69) is 18.8 Å². The van der Waals surface area contributed by atoms with Crippen LogP contribution in [0.3, 0.4) is 0 Å². The molecule has 0 aliphatic carbocycles. The lowest BCUT2D eigenvalue weighted by atomic mass is 10.3. The molecule has 1 N–H and O–H groups in total. The van der Waals surface area contributed by atoms with Crippen molar-refractivity contribution in [3.05, 3.63) is 0 Å². The summed E-state index contributed by atoms with van der Waals surface area (Å²) in [5.74, 6) is 0. The average molecular weight is 278 g/mol. The van der Waals surface area contributed by atoms with Gasteiger partial charge in [0.1, 0.15) is 0 Å². The van der Waals surface area contributed by atoms with Crippen molar-refractivity contribution in [2.45, 2.75) is 71.8 Å². The maximum Gasteiger partial charge on any atom is 0.335 e. The summed E-state index contributed by atoms with van der Waals surface area (Å²) in [7, 11) is -2.07. The first-order chi connectivity index (χ1) is 7.75. The van der Waals surface area contributed by atoms with Crippen molar-refractivity contribution in [1.82, 2.24) is 0 Å². The monoisotopic (exact) mass is 278 g/mol. The van der Waals surface area contributed by atoms with E-state index in [4.69, 9.17) is 14.0 Å². The molecule has 0 aromatic rings. The van der Waals surface area contributed by atoms with Gasteiger partial charge in [0.05, 0.1) is 0 Å². The molecule has 17 heavy (non-hydrogen) atoms. The van der Waals surface area contributed by atoms with E-state index in [-0.39, 0.29) is 17.3 Å². The Morgan fingerprint density at radius 2 is 1.59 bits per heavy atom. The number of aliphatic hydroxyl groups is 1. The number of hydrogen-bond donors (Lipinski definition) is 1. The summed E-state index contributed by atoms with van der Waals surface area (Å²) < 4.78 is 12.0. The summed E-state index contributed by atoms with van der Waals surface area (Å²) >= 11 is 4.65. The van der Waals surface area contributed by atoms with Crippen molar-refractivity contribution in [2.75, 3.05) is 0 Å². The Kier molecular flexibility index (Phi) is 8.20. The van der Waals surface area contributed by atoms with Crippen LogP contribution in [0.2, 0.25) is 12.6 Å². The van der Waals surface area contributed by atoms with Crippen LogP contribution in [0.15, 0.2) is 0 Å². The molecule has 102 valence electrons. The van der Waals surface area contributed by atoms with Crippen LogP contribution in [0, 0.1) is 0 Å². The van der Waals surface area contributed by atoms with Gasteiger partial charge in [0.15, 0.2) is 5.05 Å². The maximum atomic E-state index is 8.95. The minimum atomic E-state index is -2.07. The van der Waals surface area contributed by atoms with Gasteiger partial charge in [-0.15, -0.1) is 0 Å². The number of unbranched alkanes of at least 4 members (excludes halogenated alkanes) is 1. The Labute approximate surface area is 112 Å². The lowest BCUT2D eigenvalue weighted by Gasteiger charge is -2.31. The lowest BCUT2D eigenvalue weighted by Crippen LogP contribution is -2.42. The predicted octanol–water partition coefficient (Wildman–Crippen LogP) is 3.96. The first-order valence-electron chi connectivity index (χ1n) is 6.32. The molecule has 0 fully saturated rings. The summed E-state index contributed by atoms with van der Waals surface area (Å²) in [5.41, 5.74) is 0. The van der Waals surface area contributed by atoms with E-state index in [1.165, 1.54) is 0 Å². The first kappa shape index (κ1) is 17.0. The van der Waals surface area contributed by atoms with Crippen molar-refractivity contribution in [3.8, 4) is 0 Å². The molecule has 0 amide bonds. The smallest absolute Gasteiger partial charge is 0.335 e. The van der Waals surface area contributed by atoms with E-state index < -0.39 is 8.56 Å². The van der Waals surface area contributed by atoms with Crippen molar-refractivity contribution in [3.63, 3.8) is 0 Å². The van der Waals surface area contributed by atoms with E-state index in [0.29, 0.717) is 6.42 Å². The second kappa shape index (κ2) is 8.19. The van der Waals surface area contributed by atoms with Gasteiger partial charge >= 0.3 is 8.56 Å². The van der Waals surface area contributed by atoms with Crippen LogP contribution in [-0.2, 0) is 8.85 Å². The molecular formula is C12H26O3SSi. The van der Waals surface area contributed by atoms with Crippen LogP contribution < -0.4 is 0 Å². The Morgan fingerprint density at radius 3 is 1.94 bits per heavy atom. The maximum absolute atomic E-state index is 8.95. The Morgan fingerprint density at radius 1 is 1.12 bits per heavy atom. The van der Waals surface area contributed by atoms with Gasteiger partial charge in [-0.2, -0.15) is 0 Å². The normalized spacial score (nSPS) is 12.4. The molecule has 0 rings (SSSR count). The van der Waals surface area contributed by atoms with Crippen molar-refractivity contribution < 1.29 is 14.0 Å². The highest BCUT2D eigenvalue weighted by Crippen LogP contribution is 2.21. The lowest BCUT2D eigenvalue weighted by molar-refractivity contribution is 0.109. The second-order valence-corrected chi connectivity index (χ2v) is 8.78. The fraction of sp³-hybridized carbons (Fsp3) is 0.917. The third-order valence-electron chi connectivity index (χ3n) is 2.24. The van der Waals surface area contributed by atoms with E-state index >= 15 is 0 Å². The van der Waals surface area contributed by atoms with Crippen LogP contribution >= 0.6 is 12.2 Å². The summed E-state index contributed by atoms with van der Waals surface area (Å²) in [6, 6.07) is 0.950. The van der Waals surface area contributed by atoms with Gasteiger partial charge in [-0.05, 0) is 58.9 Å². The minimum Gasteiger partial charge on any atom is -0.502 e. The number of hydrogen-bond acceptors (Lipinski definition) is 3. The van der Waals surface area contributed by atoms with Crippen LogP contribution in [0.5, 0.6) is 0 Å². The summed E-state index contributed by atoms with van der Waals surface area (Å²) in [4.78, 5) is 0. The Balaban J connectivity index is 4.13.